The Balaban J connectivity index is 1.64. The Morgan fingerprint density at radius 1 is 1.04 bits per heavy atom. The molecule has 2 heterocycles. The summed E-state index contributed by atoms with van der Waals surface area (Å²) in [6, 6.07) is 17.2. The van der Waals surface area contributed by atoms with Crippen LogP contribution in [0, 0.1) is 0 Å². The maximum absolute atomic E-state index is 12.5. The van der Waals surface area contributed by atoms with E-state index in [1.165, 1.54) is 0 Å². The standard InChI is InChI=1S/C19H15N5O/c20-15-8-7-14(13-5-2-1-3-6-13)11-16(15)22-18(25)17-12-24-10-4-9-21-19(24)23-17/h1-12H,20H2,(H,22,25). The van der Waals surface area contributed by atoms with Gasteiger partial charge in [0.1, 0.15) is 5.69 Å². The Labute approximate surface area is 144 Å². The van der Waals surface area contributed by atoms with E-state index in [-0.39, 0.29) is 11.6 Å². The number of imidazole rings is 1. The van der Waals surface area contributed by atoms with E-state index < -0.39 is 0 Å². The number of nitrogens with two attached hydrogens (primary N) is 1. The van der Waals surface area contributed by atoms with Crippen LogP contribution >= 0.6 is 0 Å². The second kappa shape index (κ2) is 6.09. The van der Waals surface area contributed by atoms with E-state index >= 15 is 0 Å². The Kier molecular flexibility index (Phi) is 3.63. The Hall–Kier alpha value is -3.67. The van der Waals surface area contributed by atoms with Gasteiger partial charge in [0.25, 0.3) is 5.91 Å². The molecule has 0 spiro atoms. The first-order chi connectivity index (χ1) is 12.2. The molecule has 0 radical (unpaired) electrons. The fourth-order valence-electron chi connectivity index (χ4n) is 2.60. The van der Waals surface area contributed by atoms with Crippen LogP contribution < -0.4 is 11.1 Å². The van der Waals surface area contributed by atoms with Crippen molar-refractivity contribution in [2.75, 3.05) is 11.1 Å². The van der Waals surface area contributed by atoms with Gasteiger partial charge in [0.15, 0.2) is 0 Å². The van der Waals surface area contributed by atoms with Crippen molar-refractivity contribution in [1.29, 1.82) is 0 Å². The van der Waals surface area contributed by atoms with Crippen molar-refractivity contribution < 1.29 is 4.79 Å². The topological polar surface area (TPSA) is 85.3 Å². The molecule has 0 fully saturated rings. The summed E-state index contributed by atoms with van der Waals surface area (Å²) in [4.78, 5) is 20.8. The number of carbonyl (C=O) groups is 1. The van der Waals surface area contributed by atoms with Gasteiger partial charge in [0.05, 0.1) is 11.4 Å². The highest BCUT2D eigenvalue weighted by Crippen LogP contribution is 2.27. The average molecular weight is 329 g/mol. The van der Waals surface area contributed by atoms with Crippen molar-refractivity contribution in [2.24, 2.45) is 0 Å². The highest BCUT2D eigenvalue weighted by molar-refractivity contribution is 6.05. The Bertz CT molecular complexity index is 1020. The number of rotatable bonds is 3. The van der Waals surface area contributed by atoms with Gasteiger partial charge in [0.2, 0.25) is 5.78 Å². The molecule has 3 N–H and O–H groups in total. The molecule has 0 aliphatic rings. The lowest BCUT2D eigenvalue weighted by Gasteiger charge is -2.10. The molecule has 4 rings (SSSR count). The Morgan fingerprint density at radius 2 is 1.88 bits per heavy atom. The minimum Gasteiger partial charge on any atom is -0.397 e. The van der Waals surface area contributed by atoms with Crippen LogP contribution in [-0.2, 0) is 0 Å². The molecule has 0 saturated carbocycles. The van der Waals surface area contributed by atoms with E-state index in [1.807, 2.05) is 42.5 Å². The normalized spacial score (nSPS) is 10.7. The lowest BCUT2D eigenvalue weighted by atomic mass is 10.0. The van der Waals surface area contributed by atoms with Crippen molar-refractivity contribution in [3.63, 3.8) is 0 Å². The number of nitrogens with one attached hydrogen (secondary N) is 1. The maximum Gasteiger partial charge on any atom is 0.276 e. The number of benzene rings is 2. The molecule has 2 aromatic heterocycles. The zero-order valence-electron chi connectivity index (χ0n) is 13.3. The van der Waals surface area contributed by atoms with Crippen LogP contribution in [0.5, 0.6) is 0 Å². The number of nitrogen functional groups attached to an aromatic ring is 1. The number of carbonyl (C=O) groups excluding carboxylic acids is 1. The van der Waals surface area contributed by atoms with Gasteiger partial charge in [-0.1, -0.05) is 36.4 Å². The average Bonchev–Trinajstić information content (AvgIpc) is 3.08. The van der Waals surface area contributed by atoms with Gasteiger partial charge < -0.3 is 11.1 Å². The van der Waals surface area contributed by atoms with E-state index in [0.717, 1.165) is 11.1 Å². The Morgan fingerprint density at radius 3 is 2.68 bits per heavy atom. The number of fused-ring (bicyclic) bond motifs is 1. The zero-order valence-corrected chi connectivity index (χ0v) is 13.3. The zero-order chi connectivity index (χ0) is 17.2. The number of nitrogens with zero attached hydrogens (tertiary/aromatic N) is 3. The highest BCUT2D eigenvalue weighted by Gasteiger charge is 2.13. The second-order valence-electron chi connectivity index (χ2n) is 5.58. The van der Waals surface area contributed by atoms with Crippen molar-refractivity contribution in [2.45, 2.75) is 0 Å². The molecular weight excluding hydrogens is 314 g/mol. The summed E-state index contributed by atoms with van der Waals surface area (Å²) >= 11 is 0. The molecule has 0 aliphatic carbocycles. The van der Waals surface area contributed by atoms with Crippen molar-refractivity contribution in [3.8, 4) is 11.1 Å². The van der Waals surface area contributed by atoms with Crippen LogP contribution in [0.25, 0.3) is 16.9 Å². The molecule has 0 aliphatic heterocycles. The number of anilines is 2. The van der Waals surface area contributed by atoms with Crippen LogP contribution in [0.2, 0.25) is 0 Å². The molecule has 0 saturated heterocycles. The van der Waals surface area contributed by atoms with Crippen LogP contribution in [-0.4, -0.2) is 20.3 Å². The third-order valence-electron chi connectivity index (χ3n) is 3.88. The molecule has 6 nitrogen and oxygen atoms in total. The SMILES string of the molecule is Nc1ccc(-c2ccccc2)cc1NC(=O)c1cn2cccnc2n1. The lowest BCUT2D eigenvalue weighted by molar-refractivity contribution is 0.102. The summed E-state index contributed by atoms with van der Waals surface area (Å²) in [5.74, 6) is 0.140. The van der Waals surface area contributed by atoms with Crippen molar-refractivity contribution in [1.82, 2.24) is 14.4 Å². The molecule has 2 aromatic carbocycles. The van der Waals surface area contributed by atoms with Crippen LogP contribution in [0.3, 0.4) is 0 Å². The minimum absolute atomic E-state index is 0.281. The van der Waals surface area contributed by atoms with Crippen molar-refractivity contribution in [3.05, 3.63) is 78.9 Å². The second-order valence-corrected chi connectivity index (χ2v) is 5.58. The van der Waals surface area contributed by atoms with E-state index in [1.54, 1.807) is 35.1 Å². The summed E-state index contributed by atoms with van der Waals surface area (Å²) in [6.45, 7) is 0. The summed E-state index contributed by atoms with van der Waals surface area (Å²) in [7, 11) is 0. The molecule has 6 heteroatoms. The van der Waals surface area contributed by atoms with Gasteiger partial charge in [-0.3, -0.25) is 9.20 Å². The molecule has 1 amide bonds. The smallest absolute Gasteiger partial charge is 0.276 e. The first-order valence-corrected chi connectivity index (χ1v) is 7.77. The van der Waals surface area contributed by atoms with Crippen LogP contribution in [0.4, 0.5) is 11.4 Å². The molecule has 0 atom stereocenters. The third-order valence-corrected chi connectivity index (χ3v) is 3.88. The number of hydrogen-bond donors (Lipinski definition) is 2. The molecule has 4 aromatic rings. The fraction of sp³-hybridized carbons (Fsp3) is 0. The largest absolute Gasteiger partial charge is 0.397 e. The maximum atomic E-state index is 12.5. The fourth-order valence-corrected chi connectivity index (χ4v) is 2.60. The highest BCUT2D eigenvalue weighted by atomic mass is 16.1. The molecule has 122 valence electrons. The quantitative estimate of drug-likeness (QED) is 0.565. The van der Waals surface area contributed by atoms with Gasteiger partial charge in [-0.25, -0.2) is 9.97 Å². The van der Waals surface area contributed by atoms with Gasteiger partial charge >= 0.3 is 0 Å². The van der Waals surface area contributed by atoms with Crippen LogP contribution in [0.1, 0.15) is 10.5 Å². The monoisotopic (exact) mass is 329 g/mol. The summed E-state index contributed by atoms with van der Waals surface area (Å²) in [5, 5.41) is 2.83. The summed E-state index contributed by atoms with van der Waals surface area (Å²) in [5.41, 5.74) is 9.37. The summed E-state index contributed by atoms with van der Waals surface area (Å²) < 4.78 is 1.69. The third kappa shape index (κ3) is 2.92. The van der Waals surface area contributed by atoms with E-state index in [9.17, 15) is 4.79 Å². The van der Waals surface area contributed by atoms with Gasteiger partial charge in [0, 0.05) is 18.6 Å². The lowest BCUT2D eigenvalue weighted by Crippen LogP contribution is -2.13. The van der Waals surface area contributed by atoms with Crippen molar-refractivity contribution >= 4 is 23.1 Å². The number of aromatic nitrogens is 3. The van der Waals surface area contributed by atoms with Crippen LogP contribution in [0.15, 0.2) is 73.2 Å². The predicted molar refractivity (Wildman–Crippen MR) is 97.2 cm³/mol. The first-order valence-electron chi connectivity index (χ1n) is 7.77. The van der Waals surface area contributed by atoms with Gasteiger partial charge in [-0.2, -0.15) is 0 Å². The summed E-state index contributed by atoms with van der Waals surface area (Å²) in [6.07, 6.45) is 5.05. The van der Waals surface area contributed by atoms with Gasteiger partial charge in [-0.15, -0.1) is 0 Å². The molecule has 25 heavy (non-hydrogen) atoms. The predicted octanol–water partition coefficient (Wildman–Crippen LogP) is 3.23. The number of amides is 1. The first kappa shape index (κ1) is 14.9. The van der Waals surface area contributed by atoms with E-state index in [4.69, 9.17) is 5.73 Å². The minimum atomic E-state index is -0.331. The number of hydrogen-bond acceptors (Lipinski definition) is 4. The van der Waals surface area contributed by atoms with E-state index in [2.05, 4.69) is 15.3 Å². The molecular formula is C19H15N5O. The van der Waals surface area contributed by atoms with Gasteiger partial charge in [-0.05, 0) is 29.3 Å². The molecule has 0 bridgehead atoms. The van der Waals surface area contributed by atoms with E-state index in [0.29, 0.717) is 17.2 Å². The molecule has 0 unspecified atom stereocenters.